The molecule has 1 aliphatic heterocycles. The minimum absolute atomic E-state index is 0.153. The van der Waals surface area contributed by atoms with Crippen LogP contribution in [0.15, 0.2) is 24.3 Å². The van der Waals surface area contributed by atoms with Gasteiger partial charge >= 0.3 is 0 Å². The van der Waals surface area contributed by atoms with Crippen LogP contribution in [0, 0.1) is 11.3 Å². The fraction of sp³-hybridized carbons (Fsp3) is 0.429. The molecule has 1 aromatic rings. The number of carbonyl (C=O) groups excluding carboxylic acids is 1. The summed E-state index contributed by atoms with van der Waals surface area (Å²) in [6.45, 7) is 3.24. The fourth-order valence-electron chi connectivity index (χ4n) is 2.25. The van der Waals surface area contributed by atoms with E-state index in [1.807, 2.05) is 23.1 Å². The van der Waals surface area contributed by atoms with Gasteiger partial charge in [0.25, 0.3) is 0 Å². The third kappa shape index (κ3) is 3.01. The summed E-state index contributed by atoms with van der Waals surface area (Å²) >= 11 is 0. The van der Waals surface area contributed by atoms with Gasteiger partial charge in [-0.1, -0.05) is 6.07 Å². The van der Waals surface area contributed by atoms with Gasteiger partial charge in [0.15, 0.2) is 0 Å². The SMILES string of the molecule is CC(=O)N1CCC(Nc2cccc(C#N)c2)CC1. The number of anilines is 1. The van der Waals surface area contributed by atoms with Crippen LogP contribution in [0.5, 0.6) is 0 Å². The normalized spacial score (nSPS) is 16.1. The van der Waals surface area contributed by atoms with Gasteiger partial charge in [-0.05, 0) is 31.0 Å². The molecule has 0 aliphatic carbocycles. The van der Waals surface area contributed by atoms with E-state index in [4.69, 9.17) is 5.26 Å². The molecule has 18 heavy (non-hydrogen) atoms. The molecule has 1 aliphatic rings. The van der Waals surface area contributed by atoms with E-state index in [1.165, 1.54) is 0 Å². The monoisotopic (exact) mass is 243 g/mol. The summed E-state index contributed by atoms with van der Waals surface area (Å²) in [5.41, 5.74) is 1.65. The van der Waals surface area contributed by atoms with Gasteiger partial charge in [-0.2, -0.15) is 5.26 Å². The first-order valence-electron chi connectivity index (χ1n) is 6.21. The first kappa shape index (κ1) is 12.4. The van der Waals surface area contributed by atoms with Crippen molar-refractivity contribution in [2.45, 2.75) is 25.8 Å². The zero-order chi connectivity index (χ0) is 13.0. The Morgan fingerprint density at radius 1 is 1.44 bits per heavy atom. The summed E-state index contributed by atoms with van der Waals surface area (Å²) < 4.78 is 0. The summed E-state index contributed by atoms with van der Waals surface area (Å²) in [7, 11) is 0. The van der Waals surface area contributed by atoms with Crippen LogP contribution in [-0.2, 0) is 4.79 Å². The first-order chi connectivity index (χ1) is 8.69. The highest BCUT2D eigenvalue weighted by molar-refractivity contribution is 5.73. The molecule has 0 bridgehead atoms. The third-order valence-corrected chi connectivity index (χ3v) is 3.30. The maximum absolute atomic E-state index is 11.2. The number of hydrogen-bond donors (Lipinski definition) is 1. The molecule has 0 atom stereocenters. The molecule has 1 amide bonds. The van der Waals surface area contributed by atoms with Gasteiger partial charge in [-0.25, -0.2) is 0 Å². The molecular weight excluding hydrogens is 226 g/mol. The number of likely N-dealkylation sites (tertiary alicyclic amines) is 1. The Hall–Kier alpha value is -2.02. The van der Waals surface area contributed by atoms with Crippen LogP contribution in [0.4, 0.5) is 5.69 Å². The Balaban J connectivity index is 1.91. The Kier molecular flexibility index (Phi) is 3.83. The van der Waals surface area contributed by atoms with Crippen molar-refractivity contribution in [2.75, 3.05) is 18.4 Å². The van der Waals surface area contributed by atoms with Crippen LogP contribution < -0.4 is 5.32 Å². The van der Waals surface area contributed by atoms with Crippen molar-refractivity contribution in [2.24, 2.45) is 0 Å². The Morgan fingerprint density at radius 2 is 2.17 bits per heavy atom. The number of hydrogen-bond acceptors (Lipinski definition) is 3. The van der Waals surface area contributed by atoms with E-state index in [1.54, 1.807) is 13.0 Å². The summed E-state index contributed by atoms with van der Waals surface area (Å²) in [5.74, 6) is 0.153. The van der Waals surface area contributed by atoms with Gasteiger partial charge in [-0.15, -0.1) is 0 Å². The molecule has 0 saturated carbocycles. The second-order valence-corrected chi connectivity index (χ2v) is 4.62. The molecule has 0 radical (unpaired) electrons. The molecule has 94 valence electrons. The highest BCUT2D eigenvalue weighted by atomic mass is 16.2. The van der Waals surface area contributed by atoms with Crippen molar-refractivity contribution >= 4 is 11.6 Å². The molecule has 1 aromatic carbocycles. The topological polar surface area (TPSA) is 56.1 Å². The maximum atomic E-state index is 11.2. The molecule has 0 aromatic heterocycles. The standard InChI is InChI=1S/C14H17N3O/c1-11(18)17-7-5-13(6-8-17)16-14-4-2-3-12(9-14)10-15/h2-4,9,13,16H,5-8H2,1H3. The predicted octanol–water partition coefficient (Wildman–Crippen LogP) is 1.98. The van der Waals surface area contributed by atoms with Gasteiger partial charge in [0.05, 0.1) is 11.6 Å². The molecule has 4 nitrogen and oxygen atoms in total. The van der Waals surface area contributed by atoms with Gasteiger partial charge < -0.3 is 10.2 Å². The Morgan fingerprint density at radius 3 is 2.78 bits per heavy atom. The lowest BCUT2D eigenvalue weighted by atomic mass is 10.0. The number of nitrogens with one attached hydrogen (secondary N) is 1. The van der Waals surface area contributed by atoms with Crippen molar-refractivity contribution in [3.05, 3.63) is 29.8 Å². The third-order valence-electron chi connectivity index (χ3n) is 3.30. The molecule has 1 N–H and O–H groups in total. The fourth-order valence-corrected chi connectivity index (χ4v) is 2.25. The number of benzene rings is 1. The van der Waals surface area contributed by atoms with E-state index >= 15 is 0 Å². The minimum Gasteiger partial charge on any atom is -0.382 e. The average Bonchev–Trinajstić information content (AvgIpc) is 2.39. The van der Waals surface area contributed by atoms with Gasteiger partial charge in [-0.3, -0.25) is 4.79 Å². The maximum Gasteiger partial charge on any atom is 0.219 e. The van der Waals surface area contributed by atoms with Crippen LogP contribution in [0.1, 0.15) is 25.3 Å². The molecule has 2 rings (SSSR count). The van der Waals surface area contributed by atoms with E-state index in [2.05, 4.69) is 11.4 Å². The van der Waals surface area contributed by atoms with E-state index in [0.717, 1.165) is 31.6 Å². The molecule has 4 heteroatoms. The van der Waals surface area contributed by atoms with E-state index in [9.17, 15) is 4.79 Å². The highest BCUT2D eigenvalue weighted by Gasteiger charge is 2.20. The Bertz CT molecular complexity index is 470. The lowest BCUT2D eigenvalue weighted by Crippen LogP contribution is -2.41. The number of rotatable bonds is 2. The number of amides is 1. The summed E-state index contributed by atoms with van der Waals surface area (Å²) in [6, 6.07) is 10.0. The van der Waals surface area contributed by atoms with Gasteiger partial charge in [0, 0.05) is 31.7 Å². The second kappa shape index (κ2) is 5.54. The van der Waals surface area contributed by atoms with Crippen molar-refractivity contribution in [1.82, 2.24) is 4.90 Å². The smallest absolute Gasteiger partial charge is 0.219 e. The van der Waals surface area contributed by atoms with Crippen molar-refractivity contribution < 1.29 is 4.79 Å². The van der Waals surface area contributed by atoms with Crippen molar-refractivity contribution in [3.8, 4) is 6.07 Å². The number of nitriles is 1. The van der Waals surface area contributed by atoms with Crippen LogP contribution in [-0.4, -0.2) is 29.9 Å². The molecule has 1 heterocycles. The zero-order valence-corrected chi connectivity index (χ0v) is 10.5. The van der Waals surface area contributed by atoms with Crippen LogP contribution >= 0.6 is 0 Å². The molecule has 0 unspecified atom stereocenters. The van der Waals surface area contributed by atoms with Crippen LogP contribution in [0.25, 0.3) is 0 Å². The molecule has 1 fully saturated rings. The van der Waals surface area contributed by atoms with Crippen LogP contribution in [0.3, 0.4) is 0 Å². The predicted molar refractivity (Wildman–Crippen MR) is 70.1 cm³/mol. The van der Waals surface area contributed by atoms with Crippen molar-refractivity contribution in [1.29, 1.82) is 5.26 Å². The van der Waals surface area contributed by atoms with E-state index in [0.29, 0.717) is 11.6 Å². The van der Waals surface area contributed by atoms with Gasteiger partial charge in [0.2, 0.25) is 5.91 Å². The number of piperidine rings is 1. The second-order valence-electron chi connectivity index (χ2n) is 4.62. The van der Waals surface area contributed by atoms with E-state index in [-0.39, 0.29) is 5.91 Å². The average molecular weight is 243 g/mol. The lowest BCUT2D eigenvalue weighted by Gasteiger charge is -2.32. The number of carbonyl (C=O) groups is 1. The summed E-state index contributed by atoms with van der Waals surface area (Å²) in [5, 5.41) is 12.3. The highest BCUT2D eigenvalue weighted by Crippen LogP contribution is 2.17. The lowest BCUT2D eigenvalue weighted by molar-refractivity contribution is -0.129. The molecule has 1 saturated heterocycles. The molecular formula is C14H17N3O. The zero-order valence-electron chi connectivity index (χ0n) is 10.5. The summed E-state index contributed by atoms with van der Waals surface area (Å²) in [6.07, 6.45) is 1.91. The summed E-state index contributed by atoms with van der Waals surface area (Å²) in [4.78, 5) is 13.1. The minimum atomic E-state index is 0.153. The van der Waals surface area contributed by atoms with Gasteiger partial charge in [0.1, 0.15) is 0 Å². The van der Waals surface area contributed by atoms with Crippen LogP contribution in [0.2, 0.25) is 0 Å². The van der Waals surface area contributed by atoms with Crippen molar-refractivity contribution in [3.63, 3.8) is 0 Å². The quantitative estimate of drug-likeness (QED) is 0.864. The van der Waals surface area contributed by atoms with E-state index < -0.39 is 0 Å². The Labute approximate surface area is 107 Å². The molecule has 0 spiro atoms. The first-order valence-corrected chi connectivity index (χ1v) is 6.21. The largest absolute Gasteiger partial charge is 0.382 e. The number of nitrogens with zero attached hydrogens (tertiary/aromatic N) is 2.